The molecule has 0 fully saturated rings. The third-order valence-electron chi connectivity index (χ3n) is 3.17. The van der Waals surface area contributed by atoms with Gasteiger partial charge in [0.05, 0.1) is 0 Å². The lowest BCUT2D eigenvalue weighted by molar-refractivity contribution is -0.125. The average Bonchev–Trinajstić information content (AvgIpc) is 2.31. The van der Waals surface area contributed by atoms with E-state index in [2.05, 4.69) is 5.32 Å². The van der Waals surface area contributed by atoms with E-state index in [0.717, 1.165) is 5.56 Å². The van der Waals surface area contributed by atoms with Gasteiger partial charge in [0, 0.05) is 18.5 Å². The summed E-state index contributed by atoms with van der Waals surface area (Å²) in [5, 5.41) is 2.81. The van der Waals surface area contributed by atoms with Gasteiger partial charge < -0.3 is 11.1 Å². The molecule has 0 saturated heterocycles. The van der Waals surface area contributed by atoms with Crippen LogP contribution in [0.15, 0.2) is 12.1 Å². The van der Waals surface area contributed by atoms with Gasteiger partial charge in [-0.05, 0) is 37.5 Å². The summed E-state index contributed by atoms with van der Waals surface area (Å²) in [5.41, 5.74) is 7.76. The summed E-state index contributed by atoms with van der Waals surface area (Å²) >= 11 is 0. The Balaban J connectivity index is 2.67. The predicted octanol–water partition coefficient (Wildman–Crippen LogP) is 2.04. The smallest absolute Gasteiger partial charge is 0.224 e. The number of amides is 1. The lowest BCUT2D eigenvalue weighted by Gasteiger charge is -2.15. The van der Waals surface area contributed by atoms with E-state index in [4.69, 9.17) is 5.73 Å². The van der Waals surface area contributed by atoms with Crippen molar-refractivity contribution in [1.29, 1.82) is 0 Å². The van der Waals surface area contributed by atoms with Gasteiger partial charge in [0.1, 0.15) is 5.82 Å². The van der Waals surface area contributed by atoms with Gasteiger partial charge in [-0.3, -0.25) is 4.79 Å². The summed E-state index contributed by atoms with van der Waals surface area (Å²) in [6.07, 6.45) is 0. The molecule has 0 spiro atoms. The molecule has 0 aliphatic rings. The molecular formula is C14H21FN2O. The largest absolute Gasteiger partial charge is 0.352 e. The van der Waals surface area contributed by atoms with Crippen LogP contribution in [-0.4, -0.2) is 11.9 Å². The standard InChI is InChI=1S/C14H21FN2O/c1-8-5-12(6-9(2)13(8)15)7-17-14(18)10(3)11(4)16/h5-6,10-11H,7,16H2,1-4H3,(H,17,18). The zero-order chi connectivity index (χ0) is 13.9. The molecule has 0 aromatic heterocycles. The number of halogens is 1. The highest BCUT2D eigenvalue weighted by molar-refractivity contribution is 5.78. The second kappa shape index (κ2) is 5.96. The first-order chi connectivity index (χ1) is 8.32. The molecular weight excluding hydrogens is 231 g/mol. The lowest BCUT2D eigenvalue weighted by Crippen LogP contribution is -2.38. The molecule has 0 aliphatic carbocycles. The van der Waals surface area contributed by atoms with Crippen LogP contribution in [0.4, 0.5) is 4.39 Å². The normalized spacial score (nSPS) is 14.1. The fourth-order valence-corrected chi connectivity index (χ4v) is 1.73. The molecule has 4 heteroatoms. The first kappa shape index (κ1) is 14.6. The number of nitrogens with one attached hydrogen (secondary N) is 1. The summed E-state index contributed by atoms with van der Waals surface area (Å²) in [4.78, 5) is 11.7. The minimum Gasteiger partial charge on any atom is -0.352 e. The summed E-state index contributed by atoms with van der Waals surface area (Å²) in [6, 6.07) is 3.32. The number of hydrogen-bond donors (Lipinski definition) is 2. The van der Waals surface area contributed by atoms with E-state index in [0.29, 0.717) is 17.7 Å². The van der Waals surface area contributed by atoms with E-state index in [-0.39, 0.29) is 23.7 Å². The fraction of sp³-hybridized carbons (Fsp3) is 0.500. The number of aryl methyl sites for hydroxylation is 2. The summed E-state index contributed by atoms with van der Waals surface area (Å²) < 4.78 is 13.4. The third kappa shape index (κ3) is 3.53. The molecule has 1 rings (SSSR count). The monoisotopic (exact) mass is 252 g/mol. The molecule has 0 bridgehead atoms. The van der Waals surface area contributed by atoms with Crippen molar-refractivity contribution in [2.75, 3.05) is 0 Å². The highest BCUT2D eigenvalue weighted by Crippen LogP contribution is 2.14. The van der Waals surface area contributed by atoms with Gasteiger partial charge in [-0.15, -0.1) is 0 Å². The predicted molar refractivity (Wildman–Crippen MR) is 70.5 cm³/mol. The van der Waals surface area contributed by atoms with Gasteiger partial charge in [0.15, 0.2) is 0 Å². The molecule has 0 radical (unpaired) electrons. The van der Waals surface area contributed by atoms with Gasteiger partial charge in [0.2, 0.25) is 5.91 Å². The molecule has 3 nitrogen and oxygen atoms in total. The van der Waals surface area contributed by atoms with Crippen molar-refractivity contribution in [3.8, 4) is 0 Å². The van der Waals surface area contributed by atoms with Crippen LogP contribution in [0.5, 0.6) is 0 Å². The molecule has 1 aromatic rings. The van der Waals surface area contributed by atoms with Crippen molar-refractivity contribution in [1.82, 2.24) is 5.32 Å². The van der Waals surface area contributed by atoms with Gasteiger partial charge in [0.25, 0.3) is 0 Å². The van der Waals surface area contributed by atoms with Crippen LogP contribution in [0.3, 0.4) is 0 Å². The minimum absolute atomic E-state index is 0.0790. The Morgan fingerprint density at radius 1 is 1.33 bits per heavy atom. The average molecular weight is 252 g/mol. The van der Waals surface area contributed by atoms with Crippen LogP contribution in [0, 0.1) is 25.6 Å². The molecule has 0 aliphatic heterocycles. The first-order valence-electron chi connectivity index (χ1n) is 6.11. The Labute approximate surface area is 108 Å². The van der Waals surface area contributed by atoms with Crippen molar-refractivity contribution < 1.29 is 9.18 Å². The number of carbonyl (C=O) groups is 1. The molecule has 2 atom stereocenters. The molecule has 1 amide bonds. The van der Waals surface area contributed by atoms with Gasteiger partial charge in [-0.1, -0.05) is 19.1 Å². The Bertz CT molecular complexity index is 420. The van der Waals surface area contributed by atoms with Crippen LogP contribution < -0.4 is 11.1 Å². The summed E-state index contributed by atoms with van der Waals surface area (Å²) in [7, 11) is 0. The van der Waals surface area contributed by atoms with Crippen LogP contribution >= 0.6 is 0 Å². The van der Waals surface area contributed by atoms with E-state index in [9.17, 15) is 9.18 Å². The summed E-state index contributed by atoms with van der Waals surface area (Å²) in [6.45, 7) is 7.44. The van der Waals surface area contributed by atoms with E-state index >= 15 is 0 Å². The fourth-order valence-electron chi connectivity index (χ4n) is 1.73. The first-order valence-corrected chi connectivity index (χ1v) is 6.11. The molecule has 100 valence electrons. The van der Waals surface area contributed by atoms with E-state index in [1.54, 1.807) is 39.8 Å². The molecule has 0 heterocycles. The van der Waals surface area contributed by atoms with E-state index in [1.165, 1.54) is 0 Å². The van der Waals surface area contributed by atoms with E-state index < -0.39 is 0 Å². The Kier molecular flexibility index (Phi) is 4.84. The lowest BCUT2D eigenvalue weighted by atomic mass is 10.0. The topological polar surface area (TPSA) is 55.1 Å². The molecule has 18 heavy (non-hydrogen) atoms. The van der Waals surface area contributed by atoms with Crippen LogP contribution in [-0.2, 0) is 11.3 Å². The van der Waals surface area contributed by atoms with Crippen molar-refractivity contribution >= 4 is 5.91 Å². The summed E-state index contributed by atoms with van der Waals surface area (Å²) in [5.74, 6) is -0.494. The molecule has 0 saturated carbocycles. The maximum absolute atomic E-state index is 13.4. The molecule has 2 unspecified atom stereocenters. The van der Waals surface area contributed by atoms with Crippen LogP contribution in [0.25, 0.3) is 0 Å². The van der Waals surface area contributed by atoms with Crippen molar-refractivity contribution in [3.63, 3.8) is 0 Å². The Morgan fingerprint density at radius 3 is 2.28 bits per heavy atom. The third-order valence-corrected chi connectivity index (χ3v) is 3.17. The number of hydrogen-bond acceptors (Lipinski definition) is 2. The SMILES string of the molecule is Cc1cc(CNC(=O)C(C)C(C)N)cc(C)c1F. The number of rotatable bonds is 4. The highest BCUT2D eigenvalue weighted by atomic mass is 19.1. The quantitative estimate of drug-likeness (QED) is 0.861. The van der Waals surface area contributed by atoms with Crippen LogP contribution in [0.1, 0.15) is 30.5 Å². The minimum atomic E-state index is -0.229. The Hall–Kier alpha value is -1.42. The second-order valence-electron chi connectivity index (χ2n) is 4.91. The molecule has 1 aromatic carbocycles. The number of benzene rings is 1. The van der Waals surface area contributed by atoms with Crippen LogP contribution in [0.2, 0.25) is 0 Å². The molecule has 3 N–H and O–H groups in total. The Morgan fingerprint density at radius 2 is 1.83 bits per heavy atom. The maximum atomic E-state index is 13.4. The van der Waals surface area contributed by atoms with Crippen molar-refractivity contribution in [2.24, 2.45) is 11.7 Å². The van der Waals surface area contributed by atoms with Gasteiger partial charge in [-0.25, -0.2) is 4.39 Å². The van der Waals surface area contributed by atoms with Gasteiger partial charge in [-0.2, -0.15) is 0 Å². The maximum Gasteiger partial charge on any atom is 0.224 e. The zero-order valence-corrected chi connectivity index (χ0v) is 11.4. The van der Waals surface area contributed by atoms with E-state index in [1.807, 2.05) is 0 Å². The highest BCUT2D eigenvalue weighted by Gasteiger charge is 2.16. The number of nitrogens with two attached hydrogens (primary N) is 1. The van der Waals surface area contributed by atoms with Gasteiger partial charge >= 0.3 is 0 Å². The zero-order valence-electron chi connectivity index (χ0n) is 11.4. The second-order valence-corrected chi connectivity index (χ2v) is 4.91. The van der Waals surface area contributed by atoms with Crippen molar-refractivity contribution in [3.05, 3.63) is 34.6 Å². The number of carbonyl (C=O) groups excluding carboxylic acids is 1. The van der Waals surface area contributed by atoms with Crippen molar-refractivity contribution in [2.45, 2.75) is 40.3 Å².